The SMILES string of the molecule is C=CC(=O)OCN1CC(C)(C)C=C1c1ccccc1. The molecule has 0 aliphatic carbocycles. The molecule has 1 aliphatic heterocycles. The fourth-order valence-corrected chi connectivity index (χ4v) is 2.27. The van der Waals surface area contributed by atoms with Crippen molar-refractivity contribution in [3.05, 3.63) is 54.6 Å². The summed E-state index contributed by atoms with van der Waals surface area (Å²) in [6.07, 6.45) is 3.41. The lowest BCUT2D eigenvalue weighted by Crippen LogP contribution is -2.28. The maximum atomic E-state index is 11.2. The minimum absolute atomic E-state index is 0.0752. The van der Waals surface area contributed by atoms with E-state index in [0.717, 1.165) is 17.8 Å². The number of esters is 1. The molecule has 1 aromatic rings. The van der Waals surface area contributed by atoms with E-state index in [9.17, 15) is 4.79 Å². The van der Waals surface area contributed by atoms with Crippen LogP contribution in [-0.2, 0) is 9.53 Å². The van der Waals surface area contributed by atoms with Crippen LogP contribution in [0, 0.1) is 5.41 Å². The molecule has 0 N–H and O–H groups in total. The van der Waals surface area contributed by atoms with E-state index in [-0.39, 0.29) is 12.1 Å². The molecule has 0 saturated heterocycles. The first-order chi connectivity index (χ1) is 9.02. The molecule has 100 valence electrons. The van der Waals surface area contributed by atoms with Gasteiger partial charge in [-0.25, -0.2) is 4.79 Å². The minimum Gasteiger partial charge on any atom is -0.441 e. The fraction of sp³-hybridized carbons (Fsp3) is 0.312. The van der Waals surface area contributed by atoms with Gasteiger partial charge in [-0.1, -0.05) is 56.8 Å². The van der Waals surface area contributed by atoms with Gasteiger partial charge in [0.15, 0.2) is 6.73 Å². The van der Waals surface area contributed by atoms with Crippen LogP contribution in [0.3, 0.4) is 0 Å². The van der Waals surface area contributed by atoms with Crippen LogP contribution in [0.1, 0.15) is 19.4 Å². The number of nitrogens with zero attached hydrogens (tertiary/aromatic N) is 1. The van der Waals surface area contributed by atoms with Crippen LogP contribution in [-0.4, -0.2) is 24.1 Å². The lowest BCUT2D eigenvalue weighted by Gasteiger charge is -2.24. The van der Waals surface area contributed by atoms with E-state index in [1.54, 1.807) is 0 Å². The molecule has 1 aliphatic rings. The van der Waals surface area contributed by atoms with Crippen LogP contribution in [0.5, 0.6) is 0 Å². The summed E-state index contributed by atoms with van der Waals surface area (Å²) >= 11 is 0. The molecule has 19 heavy (non-hydrogen) atoms. The molecule has 0 atom stereocenters. The summed E-state index contributed by atoms with van der Waals surface area (Å²) in [5.41, 5.74) is 2.33. The monoisotopic (exact) mass is 257 g/mol. The summed E-state index contributed by atoms with van der Waals surface area (Å²) in [7, 11) is 0. The lowest BCUT2D eigenvalue weighted by molar-refractivity contribution is -0.141. The third-order valence-corrected chi connectivity index (χ3v) is 3.07. The zero-order valence-electron chi connectivity index (χ0n) is 11.4. The average molecular weight is 257 g/mol. The van der Waals surface area contributed by atoms with Crippen LogP contribution in [0.4, 0.5) is 0 Å². The second-order valence-electron chi connectivity index (χ2n) is 5.38. The van der Waals surface area contributed by atoms with Gasteiger partial charge in [0.2, 0.25) is 0 Å². The highest BCUT2D eigenvalue weighted by Crippen LogP contribution is 2.35. The van der Waals surface area contributed by atoms with Crippen molar-refractivity contribution in [1.82, 2.24) is 4.90 Å². The van der Waals surface area contributed by atoms with E-state index in [4.69, 9.17) is 4.74 Å². The number of carbonyl (C=O) groups is 1. The van der Waals surface area contributed by atoms with Gasteiger partial charge >= 0.3 is 5.97 Å². The quantitative estimate of drug-likeness (QED) is 0.613. The van der Waals surface area contributed by atoms with E-state index in [1.165, 1.54) is 6.08 Å². The Morgan fingerprint density at radius 1 is 1.42 bits per heavy atom. The van der Waals surface area contributed by atoms with Crippen molar-refractivity contribution < 1.29 is 9.53 Å². The molecule has 1 heterocycles. The van der Waals surface area contributed by atoms with Crippen LogP contribution in [0.2, 0.25) is 0 Å². The Morgan fingerprint density at radius 3 is 2.74 bits per heavy atom. The molecule has 1 aromatic carbocycles. The maximum Gasteiger partial charge on any atom is 0.331 e. The number of hydrogen-bond acceptors (Lipinski definition) is 3. The molecule has 0 spiro atoms. The highest BCUT2D eigenvalue weighted by Gasteiger charge is 2.30. The highest BCUT2D eigenvalue weighted by molar-refractivity contribution is 5.81. The lowest BCUT2D eigenvalue weighted by atomic mass is 9.95. The van der Waals surface area contributed by atoms with Crippen LogP contribution in [0.25, 0.3) is 5.70 Å². The van der Waals surface area contributed by atoms with Gasteiger partial charge in [-0.05, 0) is 5.56 Å². The largest absolute Gasteiger partial charge is 0.441 e. The highest BCUT2D eigenvalue weighted by atomic mass is 16.5. The molecule has 3 heteroatoms. The summed E-state index contributed by atoms with van der Waals surface area (Å²) in [6.45, 7) is 8.84. The minimum atomic E-state index is -0.392. The number of carbonyl (C=O) groups excluding carboxylic acids is 1. The number of ether oxygens (including phenoxy) is 1. The molecule has 3 nitrogen and oxygen atoms in total. The summed E-state index contributed by atoms with van der Waals surface area (Å²) in [5.74, 6) is -0.392. The van der Waals surface area contributed by atoms with Crippen molar-refractivity contribution in [2.75, 3.05) is 13.3 Å². The second kappa shape index (κ2) is 5.31. The Balaban J connectivity index is 2.17. The van der Waals surface area contributed by atoms with Gasteiger partial charge in [0.05, 0.1) is 0 Å². The van der Waals surface area contributed by atoms with Crippen molar-refractivity contribution in [1.29, 1.82) is 0 Å². The maximum absolute atomic E-state index is 11.2. The van der Waals surface area contributed by atoms with E-state index in [0.29, 0.717) is 0 Å². The normalized spacial score (nSPS) is 16.9. The Kier molecular flexibility index (Phi) is 3.74. The molecule has 0 radical (unpaired) electrons. The Bertz CT molecular complexity index is 503. The fourth-order valence-electron chi connectivity index (χ4n) is 2.27. The van der Waals surface area contributed by atoms with Crippen molar-refractivity contribution in [3.63, 3.8) is 0 Å². The van der Waals surface area contributed by atoms with Gasteiger partial charge in [-0.2, -0.15) is 0 Å². The molecular formula is C16H19NO2. The van der Waals surface area contributed by atoms with Gasteiger partial charge < -0.3 is 9.64 Å². The smallest absolute Gasteiger partial charge is 0.331 e. The second-order valence-corrected chi connectivity index (χ2v) is 5.38. The Labute approximate surface area is 114 Å². The van der Waals surface area contributed by atoms with Crippen LogP contribution < -0.4 is 0 Å². The van der Waals surface area contributed by atoms with Crippen molar-refractivity contribution in [2.45, 2.75) is 13.8 Å². The first-order valence-electron chi connectivity index (χ1n) is 6.34. The molecule has 0 unspecified atom stereocenters. The third kappa shape index (κ3) is 3.25. The van der Waals surface area contributed by atoms with E-state index >= 15 is 0 Å². The molecular weight excluding hydrogens is 238 g/mol. The standard InChI is InChI=1S/C16H19NO2/c1-4-15(18)19-12-17-11-16(2,3)10-14(17)13-8-6-5-7-9-13/h4-10H,1,11-12H2,2-3H3. The van der Waals surface area contributed by atoms with Crippen molar-refractivity contribution >= 4 is 11.7 Å². The van der Waals surface area contributed by atoms with Gasteiger partial charge in [-0.15, -0.1) is 0 Å². The van der Waals surface area contributed by atoms with Crippen molar-refractivity contribution in [2.24, 2.45) is 5.41 Å². The number of benzene rings is 1. The van der Waals surface area contributed by atoms with E-state index < -0.39 is 5.97 Å². The predicted molar refractivity (Wildman–Crippen MR) is 76.1 cm³/mol. The summed E-state index contributed by atoms with van der Waals surface area (Å²) < 4.78 is 5.15. The van der Waals surface area contributed by atoms with Crippen LogP contribution in [0.15, 0.2) is 49.1 Å². The van der Waals surface area contributed by atoms with Gasteiger partial charge in [0, 0.05) is 23.7 Å². The molecule has 0 bridgehead atoms. The van der Waals surface area contributed by atoms with E-state index in [2.05, 4.69) is 43.5 Å². The predicted octanol–water partition coefficient (Wildman–Crippen LogP) is 3.06. The molecule has 0 amide bonds. The molecule has 0 fully saturated rings. The summed E-state index contributed by atoms with van der Waals surface area (Å²) in [6, 6.07) is 10.1. The zero-order chi connectivity index (χ0) is 13.9. The Hall–Kier alpha value is -2.03. The van der Waals surface area contributed by atoms with Gasteiger partial charge in [-0.3, -0.25) is 0 Å². The topological polar surface area (TPSA) is 29.5 Å². The third-order valence-electron chi connectivity index (χ3n) is 3.07. The number of hydrogen-bond donors (Lipinski definition) is 0. The number of rotatable bonds is 4. The molecule has 2 rings (SSSR count). The van der Waals surface area contributed by atoms with Crippen molar-refractivity contribution in [3.8, 4) is 0 Å². The van der Waals surface area contributed by atoms with E-state index in [1.807, 2.05) is 18.2 Å². The van der Waals surface area contributed by atoms with Gasteiger partial charge in [0.1, 0.15) is 0 Å². The molecule has 0 saturated carbocycles. The first kappa shape index (κ1) is 13.4. The summed E-state index contributed by atoms with van der Waals surface area (Å²) in [5, 5.41) is 0. The molecule has 0 aromatic heterocycles. The first-order valence-corrected chi connectivity index (χ1v) is 6.34. The summed E-state index contributed by atoms with van der Waals surface area (Å²) in [4.78, 5) is 13.3. The van der Waals surface area contributed by atoms with Gasteiger partial charge in [0.25, 0.3) is 0 Å². The Morgan fingerprint density at radius 2 is 2.11 bits per heavy atom. The average Bonchev–Trinajstić information content (AvgIpc) is 2.72. The van der Waals surface area contributed by atoms with Crippen LogP contribution >= 0.6 is 0 Å². The zero-order valence-corrected chi connectivity index (χ0v) is 11.4.